The van der Waals surface area contributed by atoms with E-state index >= 15 is 0 Å². The Balaban J connectivity index is 2.10. The van der Waals surface area contributed by atoms with Crippen LogP contribution in [-0.4, -0.2) is 5.78 Å². The van der Waals surface area contributed by atoms with E-state index in [4.69, 9.17) is 11.6 Å². The van der Waals surface area contributed by atoms with Crippen molar-refractivity contribution in [3.63, 3.8) is 0 Å². The zero-order valence-electron chi connectivity index (χ0n) is 18.1. The summed E-state index contributed by atoms with van der Waals surface area (Å²) < 4.78 is 0. The van der Waals surface area contributed by atoms with Gasteiger partial charge in [0.1, 0.15) is 0 Å². The lowest BCUT2D eigenvalue weighted by Crippen LogP contribution is -2.28. The van der Waals surface area contributed by atoms with E-state index in [1.54, 1.807) is 24.3 Å². The first-order valence-corrected chi connectivity index (χ1v) is 10.7. The number of nitrogens with zero attached hydrogens (tertiary/aromatic N) is 2. The number of anilines is 1. The molecule has 0 spiro atoms. The number of benzene rings is 2. The van der Waals surface area contributed by atoms with Crippen molar-refractivity contribution in [2.45, 2.75) is 26.3 Å². The maximum atomic E-state index is 13.6. The van der Waals surface area contributed by atoms with Crippen molar-refractivity contribution in [2.24, 2.45) is 0 Å². The highest BCUT2D eigenvalue weighted by Gasteiger charge is 2.27. The summed E-state index contributed by atoms with van der Waals surface area (Å²) in [6, 6.07) is 15.3. The van der Waals surface area contributed by atoms with Gasteiger partial charge in [0.05, 0.1) is 17.3 Å². The van der Waals surface area contributed by atoms with Crippen LogP contribution < -0.4 is 4.90 Å². The summed E-state index contributed by atoms with van der Waals surface area (Å²) in [4.78, 5) is 15.6. The van der Waals surface area contributed by atoms with E-state index in [1.807, 2.05) is 60.4 Å². The average Bonchev–Trinajstić information content (AvgIpc) is 2.95. The Hall–Kier alpha value is -3.61. The Labute approximate surface area is 194 Å². The third-order valence-electron chi connectivity index (χ3n) is 5.34. The number of hydrogen-bond donors (Lipinski definition) is 0. The molecular weight excluding hydrogens is 416 g/mol. The van der Waals surface area contributed by atoms with Crippen molar-refractivity contribution in [2.75, 3.05) is 4.90 Å². The second kappa shape index (κ2) is 10.6. The second-order valence-corrected chi connectivity index (χ2v) is 8.08. The molecule has 0 amide bonds. The van der Waals surface area contributed by atoms with Crippen LogP contribution in [0.4, 0.5) is 5.69 Å². The van der Waals surface area contributed by atoms with Gasteiger partial charge in [-0.3, -0.25) is 4.79 Å². The first-order valence-electron chi connectivity index (χ1n) is 10.4. The predicted octanol–water partition coefficient (Wildman–Crippen LogP) is 6.86. The molecule has 0 atom stereocenters. The van der Waals surface area contributed by atoms with E-state index in [0.29, 0.717) is 29.2 Å². The molecule has 0 saturated carbocycles. The fourth-order valence-corrected chi connectivity index (χ4v) is 3.95. The quantitative estimate of drug-likeness (QED) is 0.441. The number of nitriles is 1. The smallest absolute Gasteiger partial charge is 0.183 e. The van der Waals surface area contributed by atoms with E-state index in [0.717, 1.165) is 28.0 Å². The lowest BCUT2D eigenvalue weighted by Gasteiger charge is -2.27. The number of Topliss-reactive ketones (excluding diaryl/α,β-unsaturated/α-hetero) is 1. The molecule has 3 rings (SSSR count). The van der Waals surface area contributed by atoms with Crippen LogP contribution in [0.5, 0.6) is 0 Å². The Morgan fingerprint density at radius 1 is 1.16 bits per heavy atom. The lowest BCUT2D eigenvalue weighted by molar-refractivity contribution is -0.115. The highest BCUT2D eigenvalue weighted by molar-refractivity contribution is 6.30. The van der Waals surface area contributed by atoms with Gasteiger partial charge in [-0.2, -0.15) is 5.26 Å². The van der Waals surface area contributed by atoms with Gasteiger partial charge < -0.3 is 4.90 Å². The Morgan fingerprint density at radius 3 is 2.56 bits per heavy atom. The third kappa shape index (κ3) is 5.35. The number of carbonyl (C=O) groups excluding carboxylic acids is 1. The van der Waals surface area contributed by atoms with Crippen LogP contribution in [0.25, 0.3) is 0 Å². The maximum absolute atomic E-state index is 13.6. The fraction of sp³-hybridized carbons (Fsp3) is 0.143. The Kier molecular flexibility index (Phi) is 7.65. The molecule has 0 aliphatic carbocycles. The van der Waals surface area contributed by atoms with Gasteiger partial charge in [0, 0.05) is 23.7 Å². The molecule has 0 unspecified atom stereocenters. The number of allylic oxidation sites excluding steroid dienone is 8. The molecule has 0 aromatic heterocycles. The lowest BCUT2D eigenvalue weighted by atomic mass is 9.98. The van der Waals surface area contributed by atoms with Crippen molar-refractivity contribution in [3.8, 4) is 6.07 Å². The number of carbonyl (C=O) groups is 1. The van der Waals surface area contributed by atoms with Gasteiger partial charge >= 0.3 is 0 Å². The van der Waals surface area contributed by atoms with Crippen LogP contribution in [0.3, 0.4) is 0 Å². The van der Waals surface area contributed by atoms with Gasteiger partial charge in [0.15, 0.2) is 5.78 Å². The van der Waals surface area contributed by atoms with Crippen molar-refractivity contribution in [1.82, 2.24) is 0 Å². The Morgan fingerprint density at radius 2 is 1.91 bits per heavy atom. The number of fused-ring (bicyclic) bond motifs is 1. The van der Waals surface area contributed by atoms with Crippen LogP contribution in [-0.2, 0) is 17.8 Å². The molecule has 160 valence electrons. The molecule has 0 fully saturated rings. The van der Waals surface area contributed by atoms with Crippen LogP contribution in [0, 0.1) is 11.3 Å². The van der Waals surface area contributed by atoms with Gasteiger partial charge in [0.2, 0.25) is 0 Å². The summed E-state index contributed by atoms with van der Waals surface area (Å²) in [6.07, 6.45) is 9.99. The number of hydrogen-bond acceptors (Lipinski definition) is 3. The highest BCUT2D eigenvalue weighted by Crippen LogP contribution is 2.33. The van der Waals surface area contributed by atoms with Gasteiger partial charge in [0.25, 0.3) is 0 Å². The number of rotatable bonds is 7. The van der Waals surface area contributed by atoms with Crippen LogP contribution >= 0.6 is 11.6 Å². The molecule has 2 aromatic rings. The summed E-state index contributed by atoms with van der Waals surface area (Å²) in [5, 5.41) is 9.84. The first-order chi connectivity index (χ1) is 15.5. The van der Waals surface area contributed by atoms with Crippen LogP contribution in [0.15, 0.2) is 103 Å². The van der Waals surface area contributed by atoms with Crippen LogP contribution in [0.2, 0.25) is 5.02 Å². The van der Waals surface area contributed by atoms with E-state index in [2.05, 4.69) is 19.2 Å². The van der Waals surface area contributed by atoms with Gasteiger partial charge in [-0.1, -0.05) is 66.8 Å². The molecule has 4 heteroatoms. The minimum absolute atomic E-state index is 0.0175. The molecule has 3 nitrogen and oxygen atoms in total. The maximum Gasteiger partial charge on any atom is 0.183 e. The zero-order valence-corrected chi connectivity index (χ0v) is 18.9. The van der Waals surface area contributed by atoms with Crippen molar-refractivity contribution >= 4 is 23.1 Å². The summed E-state index contributed by atoms with van der Waals surface area (Å²) >= 11 is 6.29. The molecule has 1 aliphatic rings. The summed E-state index contributed by atoms with van der Waals surface area (Å²) in [5.41, 5.74) is 6.03. The van der Waals surface area contributed by atoms with Crippen molar-refractivity contribution in [1.29, 1.82) is 5.26 Å². The minimum atomic E-state index is 0.0175. The standard InChI is InChI=1S/C28H25ClN2O/c1-4-6-7-8-20(3)15-27(32)28-22(5-2)16-23-11-12-25(29)17-24(23)19-31(28)26-13-9-21(18-30)10-14-26/h4-14,17H,1-2,15-16,19H2,3H3/b7-6-,20-8-. The minimum Gasteiger partial charge on any atom is -0.334 e. The van der Waals surface area contributed by atoms with Crippen LogP contribution in [0.1, 0.15) is 30.0 Å². The van der Waals surface area contributed by atoms with Crippen molar-refractivity contribution in [3.05, 3.63) is 125 Å². The van der Waals surface area contributed by atoms with Crippen molar-refractivity contribution < 1.29 is 4.79 Å². The molecular formula is C28H25ClN2O. The molecule has 0 saturated heterocycles. The topological polar surface area (TPSA) is 44.1 Å². The SMILES string of the molecule is C=C/C=C\C=C(\C)CC(=O)C1=C(C=C)Cc2ccc(Cl)cc2CN1c1ccc(C#N)cc1. The molecule has 0 bridgehead atoms. The van der Waals surface area contributed by atoms with Gasteiger partial charge in [-0.15, -0.1) is 0 Å². The second-order valence-electron chi connectivity index (χ2n) is 7.65. The predicted molar refractivity (Wildman–Crippen MR) is 132 cm³/mol. The largest absolute Gasteiger partial charge is 0.334 e. The normalized spacial score (nSPS) is 14.0. The fourth-order valence-electron chi connectivity index (χ4n) is 3.75. The Bertz CT molecular complexity index is 1180. The molecule has 2 aromatic carbocycles. The van der Waals surface area contributed by atoms with E-state index in [-0.39, 0.29) is 12.2 Å². The van der Waals surface area contributed by atoms with E-state index < -0.39 is 0 Å². The van der Waals surface area contributed by atoms with E-state index in [9.17, 15) is 10.1 Å². The monoisotopic (exact) mass is 440 g/mol. The van der Waals surface area contributed by atoms with Gasteiger partial charge in [-0.25, -0.2) is 0 Å². The summed E-state index contributed by atoms with van der Waals surface area (Å²) in [7, 11) is 0. The first kappa shape index (κ1) is 23.1. The third-order valence-corrected chi connectivity index (χ3v) is 5.57. The number of ketones is 1. The van der Waals surface area contributed by atoms with Gasteiger partial charge in [-0.05, 0) is 66.4 Å². The average molecular weight is 441 g/mol. The summed E-state index contributed by atoms with van der Waals surface area (Å²) in [5.74, 6) is 0.0175. The zero-order chi connectivity index (χ0) is 23.1. The highest BCUT2D eigenvalue weighted by atomic mass is 35.5. The summed E-state index contributed by atoms with van der Waals surface area (Å²) in [6.45, 7) is 10.1. The molecule has 0 radical (unpaired) electrons. The molecule has 1 heterocycles. The molecule has 32 heavy (non-hydrogen) atoms. The molecule has 0 N–H and O–H groups in total. The molecule has 1 aliphatic heterocycles. The number of halogens is 1. The van der Waals surface area contributed by atoms with E-state index in [1.165, 1.54) is 0 Å².